The largest absolute Gasteiger partial charge is 0.504 e. The van der Waals surface area contributed by atoms with Crippen molar-refractivity contribution in [3.63, 3.8) is 0 Å². The second-order valence-corrected chi connectivity index (χ2v) is 4.60. The van der Waals surface area contributed by atoms with Crippen LogP contribution in [-0.4, -0.2) is 29.0 Å². The predicted octanol–water partition coefficient (Wildman–Crippen LogP) is 2.04. The third-order valence-corrected chi connectivity index (χ3v) is 2.67. The second-order valence-electron chi connectivity index (χ2n) is 4.60. The van der Waals surface area contributed by atoms with E-state index in [1.807, 2.05) is 26.0 Å². The molecule has 0 aromatic heterocycles. The van der Waals surface area contributed by atoms with Gasteiger partial charge in [-0.15, -0.1) is 0 Å². The summed E-state index contributed by atoms with van der Waals surface area (Å²) in [7, 11) is 0. The number of phenolic OH excluding ortho intramolecular Hbond substituents is 1. The summed E-state index contributed by atoms with van der Waals surface area (Å²) in [5, 5.41) is 22.2. The molecule has 2 atom stereocenters. The van der Waals surface area contributed by atoms with E-state index in [9.17, 15) is 10.2 Å². The highest BCUT2D eigenvalue weighted by molar-refractivity contribution is 5.41. The molecule has 1 aromatic rings. The molecule has 0 aliphatic carbocycles. The lowest BCUT2D eigenvalue weighted by atomic mass is 10.1. The lowest BCUT2D eigenvalue weighted by Crippen LogP contribution is -2.28. The lowest BCUT2D eigenvalue weighted by molar-refractivity contribution is 0.170. The smallest absolute Gasteiger partial charge is 0.161 e. The number of nitrogens with one attached hydrogen (secondary N) is 1. The summed E-state index contributed by atoms with van der Waals surface area (Å²) in [6.07, 6.45) is 0.419. The summed E-state index contributed by atoms with van der Waals surface area (Å²) in [5.74, 6) is 0.678. The van der Waals surface area contributed by atoms with Crippen LogP contribution in [0.1, 0.15) is 32.8 Å². The van der Waals surface area contributed by atoms with E-state index in [1.54, 1.807) is 13.0 Å². The third-order valence-electron chi connectivity index (χ3n) is 2.67. The van der Waals surface area contributed by atoms with Crippen molar-refractivity contribution >= 4 is 0 Å². The first-order valence-corrected chi connectivity index (χ1v) is 6.39. The molecular weight excluding hydrogens is 230 g/mol. The molecule has 1 rings (SSSR count). The Balaban J connectivity index is 2.54. The highest BCUT2D eigenvalue weighted by Crippen LogP contribution is 2.26. The fourth-order valence-corrected chi connectivity index (χ4v) is 1.83. The lowest BCUT2D eigenvalue weighted by Gasteiger charge is -2.16. The van der Waals surface area contributed by atoms with E-state index in [-0.39, 0.29) is 17.9 Å². The molecule has 0 radical (unpaired) electrons. The molecule has 18 heavy (non-hydrogen) atoms. The Kier molecular flexibility index (Phi) is 5.95. The zero-order valence-electron chi connectivity index (χ0n) is 11.3. The van der Waals surface area contributed by atoms with Crippen molar-refractivity contribution in [2.24, 2.45) is 0 Å². The molecule has 1 aromatic carbocycles. The van der Waals surface area contributed by atoms with Crippen LogP contribution in [-0.2, 0) is 6.54 Å². The quantitative estimate of drug-likeness (QED) is 0.696. The summed E-state index contributed by atoms with van der Waals surface area (Å²) in [6, 6.07) is 5.58. The SMILES string of the molecule is CCOc1cc(CNC(C)CC(C)O)ccc1O. The van der Waals surface area contributed by atoms with Gasteiger partial charge >= 0.3 is 0 Å². The van der Waals surface area contributed by atoms with E-state index in [4.69, 9.17) is 4.74 Å². The van der Waals surface area contributed by atoms with Crippen LogP contribution in [0.4, 0.5) is 0 Å². The zero-order chi connectivity index (χ0) is 13.5. The molecule has 0 amide bonds. The van der Waals surface area contributed by atoms with Gasteiger partial charge in [-0.1, -0.05) is 6.07 Å². The van der Waals surface area contributed by atoms with Gasteiger partial charge in [0.1, 0.15) is 0 Å². The molecule has 0 aliphatic heterocycles. The van der Waals surface area contributed by atoms with Gasteiger partial charge in [0.05, 0.1) is 12.7 Å². The van der Waals surface area contributed by atoms with E-state index < -0.39 is 0 Å². The maximum absolute atomic E-state index is 9.58. The summed E-state index contributed by atoms with van der Waals surface area (Å²) in [5.41, 5.74) is 1.05. The molecule has 0 bridgehead atoms. The van der Waals surface area contributed by atoms with Crippen LogP contribution in [0.25, 0.3) is 0 Å². The Bertz CT molecular complexity index is 366. The molecule has 4 nitrogen and oxygen atoms in total. The van der Waals surface area contributed by atoms with E-state index in [0.717, 1.165) is 12.0 Å². The summed E-state index contributed by atoms with van der Waals surface area (Å²) in [4.78, 5) is 0. The number of rotatable bonds is 7. The standard InChI is InChI=1S/C14H23NO3/c1-4-18-14-8-12(5-6-13(14)17)9-15-10(2)7-11(3)16/h5-6,8,10-11,15-17H,4,7,9H2,1-3H3. The van der Waals surface area contributed by atoms with Crippen LogP contribution in [0, 0.1) is 0 Å². The minimum atomic E-state index is -0.300. The molecule has 0 aliphatic rings. The molecule has 0 saturated carbocycles. The van der Waals surface area contributed by atoms with Gasteiger partial charge in [-0.25, -0.2) is 0 Å². The predicted molar refractivity (Wildman–Crippen MR) is 71.9 cm³/mol. The molecule has 3 N–H and O–H groups in total. The molecule has 0 spiro atoms. The minimum absolute atomic E-state index is 0.164. The minimum Gasteiger partial charge on any atom is -0.504 e. The number of hydrogen-bond donors (Lipinski definition) is 3. The van der Waals surface area contributed by atoms with Crippen LogP contribution in [0.2, 0.25) is 0 Å². The van der Waals surface area contributed by atoms with Gasteiger partial charge < -0.3 is 20.3 Å². The van der Waals surface area contributed by atoms with Crippen molar-refractivity contribution in [1.29, 1.82) is 0 Å². The first-order valence-electron chi connectivity index (χ1n) is 6.39. The van der Waals surface area contributed by atoms with E-state index in [0.29, 0.717) is 18.9 Å². The molecule has 2 unspecified atom stereocenters. The summed E-state index contributed by atoms with van der Waals surface area (Å²) < 4.78 is 5.33. The normalized spacial score (nSPS) is 14.2. The van der Waals surface area contributed by atoms with Crippen LogP contribution in [0.5, 0.6) is 11.5 Å². The average Bonchev–Trinajstić information content (AvgIpc) is 2.29. The molecular formula is C14H23NO3. The Morgan fingerprint density at radius 2 is 2.06 bits per heavy atom. The monoisotopic (exact) mass is 253 g/mol. The molecule has 4 heteroatoms. The van der Waals surface area contributed by atoms with E-state index in [2.05, 4.69) is 5.32 Å². The van der Waals surface area contributed by atoms with Gasteiger partial charge in [-0.3, -0.25) is 0 Å². The van der Waals surface area contributed by atoms with Gasteiger partial charge in [0, 0.05) is 12.6 Å². The summed E-state index contributed by atoms with van der Waals surface area (Å²) in [6.45, 7) is 6.93. The van der Waals surface area contributed by atoms with Crippen molar-refractivity contribution in [1.82, 2.24) is 5.32 Å². The number of aliphatic hydroxyl groups is 1. The van der Waals surface area contributed by atoms with Gasteiger partial charge in [0.15, 0.2) is 11.5 Å². The van der Waals surface area contributed by atoms with E-state index >= 15 is 0 Å². The van der Waals surface area contributed by atoms with Crippen molar-refractivity contribution in [2.45, 2.75) is 45.9 Å². The number of hydrogen-bond acceptors (Lipinski definition) is 4. The molecule has 0 saturated heterocycles. The zero-order valence-corrected chi connectivity index (χ0v) is 11.3. The third kappa shape index (κ3) is 4.94. The van der Waals surface area contributed by atoms with Crippen LogP contribution in [0.15, 0.2) is 18.2 Å². The number of aromatic hydroxyl groups is 1. The highest BCUT2D eigenvalue weighted by Gasteiger charge is 2.07. The van der Waals surface area contributed by atoms with Crippen molar-refractivity contribution in [3.05, 3.63) is 23.8 Å². The van der Waals surface area contributed by atoms with Gasteiger partial charge in [0.2, 0.25) is 0 Å². The van der Waals surface area contributed by atoms with Crippen molar-refractivity contribution in [2.75, 3.05) is 6.61 Å². The van der Waals surface area contributed by atoms with Gasteiger partial charge in [0.25, 0.3) is 0 Å². The number of phenols is 1. The van der Waals surface area contributed by atoms with Gasteiger partial charge in [-0.05, 0) is 44.9 Å². The Hall–Kier alpha value is -1.26. The van der Waals surface area contributed by atoms with Crippen LogP contribution >= 0.6 is 0 Å². The molecule has 0 fully saturated rings. The molecule has 102 valence electrons. The van der Waals surface area contributed by atoms with Gasteiger partial charge in [-0.2, -0.15) is 0 Å². The topological polar surface area (TPSA) is 61.7 Å². The Labute approximate surface area is 109 Å². The fourth-order valence-electron chi connectivity index (χ4n) is 1.83. The molecule has 0 heterocycles. The number of benzene rings is 1. The first kappa shape index (κ1) is 14.8. The fraction of sp³-hybridized carbons (Fsp3) is 0.571. The number of ether oxygens (including phenoxy) is 1. The number of aliphatic hydroxyl groups excluding tert-OH is 1. The highest BCUT2D eigenvalue weighted by atomic mass is 16.5. The Morgan fingerprint density at radius 1 is 1.33 bits per heavy atom. The average molecular weight is 253 g/mol. The second kappa shape index (κ2) is 7.24. The first-order chi connectivity index (χ1) is 8.52. The Morgan fingerprint density at radius 3 is 2.67 bits per heavy atom. The summed E-state index contributed by atoms with van der Waals surface area (Å²) >= 11 is 0. The van der Waals surface area contributed by atoms with Crippen LogP contribution < -0.4 is 10.1 Å². The van der Waals surface area contributed by atoms with Crippen molar-refractivity contribution in [3.8, 4) is 11.5 Å². The van der Waals surface area contributed by atoms with Crippen molar-refractivity contribution < 1.29 is 14.9 Å². The van der Waals surface area contributed by atoms with Crippen LogP contribution in [0.3, 0.4) is 0 Å². The van der Waals surface area contributed by atoms with E-state index in [1.165, 1.54) is 0 Å². The maximum Gasteiger partial charge on any atom is 0.161 e. The maximum atomic E-state index is 9.58.